The van der Waals surface area contributed by atoms with Crippen LogP contribution in [-0.2, 0) is 0 Å². The third-order valence-electron chi connectivity index (χ3n) is 3.76. The molecule has 2 rings (SSSR count). The van der Waals surface area contributed by atoms with Crippen molar-refractivity contribution in [1.29, 1.82) is 0 Å². The van der Waals surface area contributed by atoms with Crippen molar-refractivity contribution < 1.29 is 0 Å². The Kier molecular flexibility index (Phi) is 8.59. The van der Waals surface area contributed by atoms with Crippen LogP contribution in [0.2, 0.25) is 0 Å². The fraction of sp³-hybridized carbons (Fsp3) is 0.444. The Morgan fingerprint density at radius 1 is 1.04 bits per heavy atom. The van der Waals surface area contributed by atoms with E-state index in [2.05, 4.69) is 46.2 Å². The number of benzene rings is 1. The Morgan fingerprint density at radius 3 is 2.39 bits per heavy atom. The van der Waals surface area contributed by atoms with Crippen LogP contribution in [0.4, 0.5) is 5.82 Å². The van der Waals surface area contributed by atoms with Gasteiger partial charge in [0.25, 0.3) is 0 Å². The van der Waals surface area contributed by atoms with E-state index in [-0.39, 0.29) is 12.4 Å². The molecule has 0 aliphatic rings. The van der Waals surface area contributed by atoms with E-state index in [4.69, 9.17) is 0 Å². The van der Waals surface area contributed by atoms with Crippen LogP contribution in [0, 0.1) is 6.92 Å². The predicted molar refractivity (Wildman–Crippen MR) is 100 cm³/mol. The zero-order chi connectivity index (χ0) is 15.8. The third kappa shape index (κ3) is 6.16. The van der Waals surface area contributed by atoms with Crippen LogP contribution in [0.5, 0.6) is 0 Å². The van der Waals surface area contributed by atoms with Crippen molar-refractivity contribution in [3.05, 3.63) is 42.2 Å². The Morgan fingerprint density at radius 2 is 1.74 bits per heavy atom. The monoisotopic (exact) mass is 334 g/mol. The molecular formula is C18H27ClN4. The molecule has 0 bridgehead atoms. The van der Waals surface area contributed by atoms with Crippen molar-refractivity contribution >= 4 is 18.2 Å². The summed E-state index contributed by atoms with van der Waals surface area (Å²) in [6.45, 7) is 10.6. The SMILES string of the molecule is CCN(CC)CCCNc1cc(-c2ccccc2)nc(C)n1.Cl. The van der Waals surface area contributed by atoms with Crippen molar-refractivity contribution in [2.45, 2.75) is 27.2 Å². The van der Waals surface area contributed by atoms with Gasteiger partial charge >= 0.3 is 0 Å². The van der Waals surface area contributed by atoms with E-state index in [9.17, 15) is 0 Å². The molecule has 0 aliphatic carbocycles. The maximum absolute atomic E-state index is 4.53. The summed E-state index contributed by atoms with van der Waals surface area (Å²) in [4.78, 5) is 11.4. The highest BCUT2D eigenvalue weighted by Crippen LogP contribution is 2.19. The summed E-state index contributed by atoms with van der Waals surface area (Å²) in [5.74, 6) is 1.71. The number of nitrogens with zero attached hydrogens (tertiary/aromatic N) is 3. The van der Waals surface area contributed by atoms with Gasteiger partial charge in [-0.2, -0.15) is 0 Å². The topological polar surface area (TPSA) is 41.0 Å². The van der Waals surface area contributed by atoms with Crippen LogP contribution in [-0.4, -0.2) is 41.0 Å². The minimum absolute atomic E-state index is 0. The van der Waals surface area contributed by atoms with Crippen molar-refractivity contribution in [2.75, 3.05) is 31.5 Å². The van der Waals surface area contributed by atoms with Gasteiger partial charge in [-0.25, -0.2) is 9.97 Å². The lowest BCUT2D eigenvalue weighted by molar-refractivity contribution is 0.303. The maximum atomic E-state index is 4.53. The molecule has 0 radical (unpaired) electrons. The first-order valence-corrected chi connectivity index (χ1v) is 8.10. The summed E-state index contributed by atoms with van der Waals surface area (Å²) < 4.78 is 0. The van der Waals surface area contributed by atoms with Gasteiger partial charge < -0.3 is 10.2 Å². The predicted octanol–water partition coefficient (Wildman–Crippen LogP) is 4.02. The Hall–Kier alpha value is -1.65. The summed E-state index contributed by atoms with van der Waals surface area (Å²) in [6, 6.07) is 12.3. The van der Waals surface area contributed by atoms with Gasteiger partial charge in [-0.05, 0) is 33.0 Å². The molecule has 0 atom stereocenters. The first kappa shape index (κ1) is 19.4. The Balaban J connectivity index is 0.00000264. The van der Waals surface area contributed by atoms with Crippen LogP contribution in [0.15, 0.2) is 36.4 Å². The summed E-state index contributed by atoms with van der Waals surface area (Å²) >= 11 is 0. The lowest BCUT2D eigenvalue weighted by Crippen LogP contribution is -2.25. The minimum atomic E-state index is 0. The number of hydrogen-bond acceptors (Lipinski definition) is 4. The maximum Gasteiger partial charge on any atom is 0.130 e. The zero-order valence-corrected chi connectivity index (χ0v) is 15.1. The number of nitrogens with one attached hydrogen (secondary N) is 1. The normalized spacial score (nSPS) is 10.4. The second kappa shape index (κ2) is 10.2. The van der Waals surface area contributed by atoms with E-state index in [1.807, 2.05) is 31.2 Å². The van der Waals surface area contributed by atoms with Gasteiger partial charge in [-0.1, -0.05) is 44.2 Å². The number of aryl methyl sites for hydroxylation is 1. The first-order valence-electron chi connectivity index (χ1n) is 8.10. The molecule has 0 spiro atoms. The number of hydrogen-bond donors (Lipinski definition) is 1. The quantitative estimate of drug-likeness (QED) is 0.740. The van der Waals surface area contributed by atoms with Crippen LogP contribution in [0.1, 0.15) is 26.1 Å². The highest BCUT2D eigenvalue weighted by atomic mass is 35.5. The van der Waals surface area contributed by atoms with E-state index in [0.717, 1.165) is 55.5 Å². The van der Waals surface area contributed by atoms with Gasteiger partial charge in [0.05, 0.1) is 5.69 Å². The van der Waals surface area contributed by atoms with E-state index in [0.29, 0.717) is 0 Å². The molecule has 5 heteroatoms. The molecule has 4 nitrogen and oxygen atoms in total. The lowest BCUT2D eigenvalue weighted by atomic mass is 10.1. The number of anilines is 1. The summed E-state index contributed by atoms with van der Waals surface area (Å²) in [5, 5.41) is 3.42. The van der Waals surface area contributed by atoms with Crippen molar-refractivity contribution in [1.82, 2.24) is 14.9 Å². The molecule has 0 aliphatic heterocycles. The summed E-state index contributed by atoms with van der Waals surface area (Å²) in [5.41, 5.74) is 2.10. The molecule has 0 amide bonds. The average Bonchev–Trinajstić information content (AvgIpc) is 2.55. The van der Waals surface area contributed by atoms with Crippen LogP contribution in [0.25, 0.3) is 11.3 Å². The molecule has 1 aromatic heterocycles. The third-order valence-corrected chi connectivity index (χ3v) is 3.76. The lowest BCUT2D eigenvalue weighted by Gasteiger charge is -2.17. The second-order valence-electron chi connectivity index (χ2n) is 5.36. The summed E-state index contributed by atoms with van der Waals surface area (Å²) in [6.07, 6.45) is 1.12. The zero-order valence-electron chi connectivity index (χ0n) is 14.2. The molecule has 0 saturated heterocycles. The molecule has 0 unspecified atom stereocenters. The minimum Gasteiger partial charge on any atom is -0.370 e. The van der Waals surface area contributed by atoms with Gasteiger partial charge in [0, 0.05) is 18.2 Å². The van der Waals surface area contributed by atoms with E-state index < -0.39 is 0 Å². The van der Waals surface area contributed by atoms with E-state index >= 15 is 0 Å². The van der Waals surface area contributed by atoms with Gasteiger partial charge in [-0.3, -0.25) is 0 Å². The van der Waals surface area contributed by atoms with Crippen LogP contribution < -0.4 is 5.32 Å². The highest BCUT2D eigenvalue weighted by Gasteiger charge is 2.04. The standard InChI is InChI=1S/C18H26N4.ClH/c1-4-22(5-2)13-9-12-19-18-14-17(20-15(3)21-18)16-10-7-6-8-11-16;/h6-8,10-11,14H,4-5,9,12-13H2,1-3H3,(H,19,20,21);1H. The first-order chi connectivity index (χ1) is 10.7. The van der Waals surface area contributed by atoms with E-state index in [1.54, 1.807) is 0 Å². The van der Waals surface area contributed by atoms with Gasteiger partial charge in [0.2, 0.25) is 0 Å². The van der Waals surface area contributed by atoms with Crippen LogP contribution >= 0.6 is 12.4 Å². The van der Waals surface area contributed by atoms with Gasteiger partial charge in [0.1, 0.15) is 11.6 Å². The fourth-order valence-corrected chi connectivity index (χ4v) is 2.47. The molecule has 1 aromatic carbocycles. The fourth-order valence-electron chi connectivity index (χ4n) is 2.47. The molecule has 23 heavy (non-hydrogen) atoms. The smallest absolute Gasteiger partial charge is 0.130 e. The molecule has 1 heterocycles. The Bertz CT molecular complexity index is 570. The summed E-state index contributed by atoms with van der Waals surface area (Å²) in [7, 11) is 0. The number of halogens is 1. The average molecular weight is 335 g/mol. The Labute approximate surface area is 145 Å². The molecular weight excluding hydrogens is 308 g/mol. The highest BCUT2D eigenvalue weighted by molar-refractivity contribution is 5.85. The molecule has 2 aromatic rings. The van der Waals surface area contributed by atoms with Crippen molar-refractivity contribution in [2.24, 2.45) is 0 Å². The van der Waals surface area contributed by atoms with Crippen molar-refractivity contribution in [3.8, 4) is 11.3 Å². The van der Waals surface area contributed by atoms with Gasteiger partial charge in [0.15, 0.2) is 0 Å². The van der Waals surface area contributed by atoms with E-state index in [1.165, 1.54) is 0 Å². The van der Waals surface area contributed by atoms with Crippen molar-refractivity contribution in [3.63, 3.8) is 0 Å². The molecule has 1 N–H and O–H groups in total. The molecule has 126 valence electrons. The van der Waals surface area contributed by atoms with Crippen LogP contribution in [0.3, 0.4) is 0 Å². The second-order valence-corrected chi connectivity index (χ2v) is 5.36. The largest absolute Gasteiger partial charge is 0.370 e. The van der Waals surface area contributed by atoms with Gasteiger partial charge in [-0.15, -0.1) is 12.4 Å². The molecule has 0 saturated carbocycles. The number of aromatic nitrogens is 2. The number of rotatable bonds is 8. The molecule has 0 fully saturated rings.